The Hall–Kier alpha value is -0.830. The van der Waals surface area contributed by atoms with E-state index in [0.29, 0.717) is 5.92 Å². The van der Waals surface area contributed by atoms with Gasteiger partial charge in [0.1, 0.15) is 5.82 Å². The van der Waals surface area contributed by atoms with Crippen molar-refractivity contribution in [2.45, 2.75) is 45.6 Å². The summed E-state index contributed by atoms with van der Waals surface area (Å²) in [5, 5.41) is 0. The highest BCUT2D eigenvalue weighted by Crippen LogP contribution is 2.30. The van der Waals surface area contributed by atoms with Crippen LogP contribution in [0, 0.1) is 5.92 Å². The van der Waals surface area contributed by atoms with Crippen molar-refractivity contribution in [2.75, 3.05) is 19.6 Å². The van der Waals surface area contributed by atoms with Crippen LogP contribution in [0.5, 0.6) is 0 Å². The summed E-state index contributed by atoms with van der Waals surface area (Å²) in [4.78, 5) is 7.26. The van der Waals surface area contributed by atoms with E-state index < -0.39 is 0 Å². The van der Waals surface area contributed by atoms with Crippen molar-refractivity contribution in [3.8, 4) is 0 Å². The lowest BCUT2D eigenvalue weighted by Gasteiger charge is -2.24. The van der Waals surface area contributed by atoms with Crippen LogP contribution < -0.4 is 0 Å². The number of rotatable bonds is 2. The first kappa shape index (κ1) is 11.3. The summed E-state index contributed by atoms with van der Waals surface area (Å²) >= 11 is 0. The number of hydrogen-bond acceptors (Lipinski definition) is 2. The zero-order valence-corrected chi connectivity index (χ0v) is 11.0. The highest BCUT2D eigenvalue weighted by molar-refractivity contribution is 5.13. The second-order valence-corrected chi connectivity index (χ2v) is 5.74. The molecule has 1 aromatic heterocycles. The summed E-state index contributed by atoms with van der Waals surface area (Å²) in [7, 11) is 0. The van der Waals surface area contributed by atoms with Crippen LogP contribution >= 0.6 is 0 Å². The molecular weight excluding hydrogens is 210 g/mol. The molecule has 3 nitrogen and oxygen atoms in total. The van der Waals surface area contributed by atoms with E-state index in [4.69, 9.17) is 4.98 Å². The molecule has 3 heterocycles. The van der Waals surface area contributed by atoms with Gasteiger partial charge in [-0.1, -0.05) is 13.8 Å². The van der Waals surface area contributed by atoms with Gasteiger partial charge < -0.3 is 9.47 Å². The molecule has 0 aliphatic carbocycles. The molecule has 0 amide bonds. The predicted octanol–water partition coefficient (Wildman–Crippen LogP) is 2.27. The molecule has 1 aromatic rings. The fraction of sp³-hybridized carbons (Fsp3) is 0.786. The fourth-order valence-electron chi connectivity index (χ4n) is 3.29. The molecule has 2 aliphatic rings. The van der Waals surface area contributed by atoms with Gasteiger partial charge >= 0.3 is 0 Å². The average molecular weight is 233 g/mol. The maximum atomic E-state index is 4.72. The normalized spacial score (nSPS) is 29.5. The van der Waals surface area contributed by atoms with Crippen molar-refractivity contribution < 1.29 is 0 Å². The Morgan fingerprint density at radius 1 is 1.35 bits per heavy atom. The summed E-state index contributed by atoms with van der Waals surface area (Å²) in [6, 6.07) is 0. The lowest BCUT2D eigenvalue weighted by molar-refractivity contribution is 0.346. The molecule has 0 aromatic carbocycles. The first-order chi connectivity index (χ1) is 8.28. The van der Waals surface area contributed by atoms with Crippen LogP contribution in [0.25, 0.3) is 0 Å². The van der Waals surface area contributed by atoms with Crippen LogP contribution in [0.4, 0.5) is 0 Å². The highest BCUT2D eigenvalue weighted by atomic mass is 15.2. The van der Waals surface area contributed by atoms with Gasteiger partial charge in [-0.05, 0) is 38.3 Å². The average Bonchev–Trinajstić information content (AvgIpc) is 2.93. The highest BCUT2D eigenvalue weighted by Gasteiger charge is 2.28. The zero-order chi connectivity index (χ0) is 11.8. The van der Waals surface area contributed by atoms with E-state index in [-0.39, 0.29) is 0 Å². The Morgan fingerprint density at radius 3 is 3.00 bits per heavy atom. The van der Waals surface area contributed by atoms with E-state index in [9.17, 15) is 0 Å². The molecule has 17 heavy (non-hydrogen) atoms. The first-order valence-corrected chi connectivity index (χ1v) is 7.04. The van der Waals surface area contributed by atoms with Gasteiger partial charge in [-0.3, -0.25) is 0 Å². The summed E-state index contributed by atoms with van der Waals surface area (Å²) in [6.07, 6.45) is 5.96. The lowest BCUT2D eigenvalue weighted by atomic mass is 9.99. The number of aryl methyl sites for hydroxylation is 1. The van der Waals surface area contributed by atoms with Gasteiger partial charge in [0.05, 0.1) is 0 Å². The maximum absolute atomic E-state index is 4.72. The topological polar surface area (TPSA) is 21.1 Å². The minimum Gasteiger partial charge on any atom is -0.332 e. The van der Waals surface area contributed by atoms with Crippen LogP contribution in [-0.2, 0) is 13.0 Å². The lowest BCUT2D eigenvalue weighted by Crippen LogP contribution is -2.23. The third kappa shape index (κ3) is 2.01. The Kier molecular flexibility index (Phi) is 2.95. The third-order valence-electron chi connectivity index (χ3n) is 4.44. The number of fused-ring (bicyclic) bond motifs is 1. The monoisotopic (exact) mass is 233 g/mol. The fourth-order valence-corrected chi connectivity index (χ4v) is 3.29. The Morgan fingerprint density at radius 2 is 2.24 bits per heavy atom. The van der Waals surface area contributed by atoms with Crippen LogP contribution in [0.2, 0.25) is 0 Å². The number of imidazole rings is 1. The molecule has 94 valence electrons. The summed E-state index contributed by atoms with van der Waals surface area (Å²) in [6.45, 7) is 9.44. The van der Waals surface area contributed by atoms with Crippen LogP contribution in [0.1, 0.15) is 44.1 Å². The predicted molar refractivity (Wildman–Crippen MR) is 69.2 cm³/mol. The number of hydrogen-bond donors (Lipinski definition) is 0. The largest absolute Gasteiger partial charge is 0.332 e. The van der Waals surface area contributed by atoms with Crippen LogP contribution in [-0.4, -0.2) is 34.1 Å². The molecule has 2 unspecified atom stereocenters. The van der Waals surface area contributed by atoms with Gasteiger partial charge in [0, 0.05) is 30.9 Å². The van der Waals surface area contributed by atoms with E-state index in [1.165, 1.54) is 57.0 Å². The van der Waals surface area contributed by atoms with E-state index in [1.807, 2.05) is 0 Å². The van der Waals surface area contributed by atoms with Crippen molar-refractivity contribution in [1.82, 2.24) is 14.5 Å². The van der Waals surface area contributed by atoms with Gasteiger partial charge in [0.15, 0.2) is 0 Å². The number of likely N-dealkylation sites (tertiary alicyclic amines) is 1. The second kappa shape index (κ2) is 4.45. The molecule has 3 rings (SSSR count). The molecule has 0 spiro atoms. The van der Waals surface area contributed by atoms with Gasteiger partial charge in [-0.15, -0.1) is 0 Å². The molecule has 1 saturated heterocycles. The number of aromatic nitrogens is 2. The first-order valence-electron chi connectivity index (χ1n) is 7.04. The smallest absolute Gasteiger partial charge is 0.113 e. The molecule has 2 aliphatic heterocycles. The maximum Gasteiger partial charge on any atom is 0.113 e. The van der Waals surface area contributed by atoms with E-state index in [1.54, 1.807) is 0 Å². The van der Waals surface area contributed by atoms with Crippen molar-refractivity contribution >= 4 is 0 Å². The molecule has 0 bridgehead atoms. The van der Waals surface area contributed by atoms with Crippen LogP contribution in [0.3, 0.4) is 0 Å². The molecule has 1 fully saturated rings. The SMILES string of the molecule is CCN1CCC(c2ncc3n2CC(C)CC3)C1. The molecule has 0 radical (unpaired) electrons. The Bertz CT molecular complexity index is 396. The molecule has 0 N–H and O–H groups in total. The van der Waals surface area contributed by atoms with E-state index in [0.717, 1.165) is 5.92 Å². The quantitative estimate of drug-likeness (QED) is 0.781. The minimum atomic E-state index is 0.675. The zero-order valence-electron chi connectivity index (χ0n) is 11.0. The van der Waals surface area contributed by atoms with Crippen LogP contribution in [0.15, 0.2) is 6.20 Å². The molecule has 2 atom stereocenters. The number of likely N-dealkylation sites (N-methyl/N-ethyl adjacent to an activating group) is 1. The summed E-state index contributed by atoms with van der Waals surface area (Å²) < 4.78 is 2.51. The van der Waals surface area contributed by atoms with Crippen molar-refractivity contribution in [3.63, 3.8) is 0 Å². The Balaban J connectivity index is 1.82. The molecule has 0 saturated carbocycles. The van der Waals surface area contributed by atoms with Gasteiger partial charge in [-0.25, -0.2) is 4.98 Å². The van der Waals surface area contributed by atoms with Crippen molar-refractivity contribution in [3.05, 3.63) is 17.7 Å². The molecule has 3 heteroatoms. The van der Waals surface area contributed by atoms with Crippen molar-refractivity contribution in [2.24, 2.45) is 5.92 Å². The second-order valence-electron chi connectivity index (χ2n) is 5.74. The summed E-state index contributed by atoms with van der Waals surface area (Å²) in [5.41, 5.74) is 1.47. The van der Waals surface area contributed by atoms with E-state index >= 15 is 0 Å². The Labute approximate surface area is 104 Å². The third-order valence-corrected chi connectivity index (χ3v) is 4.44. The van der Waals surface area contributed by atoms with Gasteiger partial charge in [0.25, 0.3) is 0 Å². The standard InChI is InChI=1S/C14H23N3/c1-3-16-7-6-12(10-16)14-15-8-13-5-4-11(2)9-17(13)14/h8,11-12H,3-7,9-10H2,1-2H3. The van der Waals surface area contributed by atoms with Crippen molar-refractivity contribution in [1.29, 1.82) is 0 Å². The van der Waals surface area contributed by atoms with E-state index in [2.05, 4.69) is 29.5 Å². The minimum absolute atomic E-state index is 0.675. The van der Waals surface area contributed by atoms with Gasteiger partial charge in [-0.2, -0.15) is 0 Å². The molecular formula is C14H23N3. The number of nitrogens with zero attached hydrogens (tertiary/aromatic N) is 3. The van der Waals surface area contributed by atoms with Gasteiger partial charge in [0.2, 0.25) is 0 Å². The summed E-state index contributed by atoms with van der Waals surface area (Å²) in [5.74, 6) is 2.86.